The molecule has 126 valence electrons. The fraction of sp³-hybridized carbons (Fsp3) is 0.938. The predicted molar refractivity (Wildman–Crippen MR) is 103 cm³/mol. The van der Waals surface area contributed by atoms with E-state index < -0.39 is 0 Å². The van der Waals surface area contributed by atoms with Gasteiger partial charge >= 0.3 is 0 Å². The number of likely N-dealkylation sites (tertiary alicyclic amines) is 1. The zero-order chi connectivity index (χ0) is 14.8. The van der Waals surface area contributed by atoms with Crippen molar-refractivity contribution in [3.05, 3.63) is 0 Å². The summed E-state index contributed by atoms with van der Waals surface area (Å²) in [5.74, 6) is 1.24. The van der Waals surface area contributed by atoms with E-state index in [1.165, 1.54) is 45.2 Å². The Labute approximate surface area is 148 Å². The molecule has 0 aromatic rings. The van der Waals surface area contributed by atoms with Crippen molar-refractivity contribution in [1.29, 1.82) is 0 Å². The third kappa shape index (κ3) is 8.86. The number of hydrogen-bond acceptors (Lipinski definition) is 2. The summed E-state index contributed by atoms with van der Waals surface area (Å²) in [5, 5.41) is 3.20. The SMILES string of the molecule is CCCCNC(N)=NCC(C(C)C)N1CCCCCC1.I. The summed E-state index contributed by atoms with van der Waals surface area (Å²) in [6.45, 7) is 11.0. The quantitative estimate of drug-likeness (QED) is 0.293. The van der Waals surface area contributed by atoms with Gasteiger partial charge in [-0.3, -0.25) is 9.89 Å². The van der Waals surface area contributed by atoms with E-state index in [1.54, 1.807) is 0 Å². The second-order valence-corrected chi connectivity index (χ2v) is 6.27. The maximum atomic E-state index is 5.94. The Morgan fingerprint density at radius 3 is 2.33 bits per heavy atom. The largest absolute Gasteiger partial charge is 0.370 e. The minimum Gasteiger partial charge on any atom is -0.370 e. The Bertz CT molecular complexity index is 273. The first kappa shape index (κ1) is 21.0. The van der Waals surface area contributed by atoms with Crippen LogP contribution in [-0.4, -0.2) is 43.1 Å². The fourth-order valence-electron chi connectivity index (χ4n) is 2.82. The Kier molecular flexibility index (Phi) is 12.5. The normalized spacial score (nSPS) is 19.0. The third-order valence-corrected chi connectivity index (χ3v) is 4.16. The molecule has 21 heavy (non-hydrogen) atoms. The van der Waals surface area contributed by atoms with E-state index in [9.17, 15) is 0 Å². The average molecular weight is 410 g/mol. The molecule has 0 aromatic heterocycles. The number of unbranched alkanes of at least 4 members (excludes halogenated alkanes) is 1. The molecular weight excluding hydrogens is 375 g/mol. The molecule has 1 aliphatic rings. The van der Waals surface area contributed by atoms with Crippen LogP contribution in [0.25, 0.3) is 0 Å². The molecule has 0 aliphatic carbocycles. The van der Waals surface area contributed by atoms with Crippen molar-refractivity contribution in [2.75, 3.05) is 26.2 Å². The maximum absolute atomic E-state index is 5.94. The average Bonchev–Trinajstić information content (AvgIpc) is 2.68. The van der Waals surface area contributed by atoms with Crippen molar-refractivity contribution >= 4 is 29.9 Å². The monoisotopic (exact) mass is 410 g/mol. The molecule has 0 amide bonds. The van der Waals surface area contributed by atoms with Gasteiger partial charge in [0.2, 0.25) is 0 Å². The molecule has 1 rings (SSSR count). The van der Waals surface area contributed by atoms with Gasteiger partial charge in [-0.1, -0.05) is 40.0 Å². The van der Waals surface area contributed by atoms with Crippen LogP contribution in [0, 0.1) is 5.92 Å². The van der Waals surface area contributed by atoms with Gasteiger partial charge in [-0.05, 0) is 38.3 Å². The van der Waals surface area contributed by atoms with Gasteiger partial charge in [-0.15, -0.1) is 24.0 Å². The van der Waals surface area contributed by atoms with Crippen molar-refractivity contribution in [3.63, 3.8) is 0 Å². The Morgan fingerprint density at radius 2 is 1.81 bits per heavy atom. The summed E-state index contributed by atoms with van der Waals surface area (Å²) in [4.78, 5) is 7.19. The van der Waals surface area contributed by atoms with Gasteiger partial charge in [-0.25, -0.2) is 0 Å². The lowest BCUT2D eigenvalue weighted by molar-refractivity contribution is 0.166. The van der Waals surface area contributed by atoms with E-state index in [-0.39, 0.29) is 24.0 Å². The standard InChI is InChI=1S/C16H34N4.HI/c1-4-5-10-18-16(17)19-13-15(14(2)3)20-11-8-6-7-9-12-20;/h14-15H,4-13H2,1-3H3,(H3,17,18,19);1H. The molecule has 4 nitrogen and oxygen atoms in total. The van der Waals surface area contributed by atoms with Gasteiger partial charge in [0.05, 0.1) is 6.54 Å². The molecular formula is C16H35IN4. The first-order valence-corrected chi connectivity index (χ1v) is 8.43. The van der Waals surface area contributed by atoms with Gasteiger partial charge in [0.25, 0.3) is 0 Å². The molecule has 1 fully saturated rings. The maximum Gasteiger partial charge on any atom is 0.188 e. The van der Waals surface area contributed by atoms with E-state index in [1.807, 2.05) is 0 Å². The number of nitrogens with one attached hydrogen (secondary N) is 1. The lowest BCUT2D eigenvalue weighted by Gasteiger charge is -2.32. The summed E-state index contributed by atoms with van der Waals surface area (Å²) in [5.41, 5.74) is 5.94. The highest BCUT2D eigenvalue weighted by Gasteiger charge is 2.22. The topological polar surface area (TPSA) is 53.6 Å². The number of halogens is 1. The van der Waals surface area contributed by atoms with Crippen molar-refractivity contribution in [1.82, 2.24) is 10.2 Å². The summed E-state index contributed by atoms with van der Waals surface area (Å²) < 4.78 is 0. The highest BCUT2D eigenvalue weighted by Crippen LogP contribution is 2.17. The van der Waals surface area contributed by atoms with Gasteiger partial charge in [0.15, 0.2) is 5.96 Å². The van der Waals surface area contributed by atoms with Crippen LogP contribution in [0.3, 0.4) is 0 Å². The Morgan fingerprint density at radius 1 is 1.19 bits per heavy atom. The Balaban J connectivity index is 0.00000400. The molecule has 1 unspecified atom stereocenters. The first-order chi connectivity index (χ1) is 9.65. The van der Waals surface area contributed by atoms with Gasteiger partial charge < -0.3 is 11.1 Å². The van der Waals surface area contributed by atoms with Crippen molar-refractivity contribution in [2.24, 2.45) is 16.6 Å². The molecule has 1 saturated heterocycles. The van der Waals surface area contributed by atoms with Crippen LogP contribution >= 0.6 is 24.0 Å². The fourth-order valence-corrected chi connectivity index (χ4v) is 2.82. The predicted octanol–water partition coefficient (Wildman–Crippen LogP) is 3.21. The number of guanidine groups is 1. The minimum atomic E-state index is 0. The van der Waals surface area contributed by atoms with Gasteiger partial charge in [0, 0.05) is 12.6 Å². The molecule has 0 aromatic carbocycles. The summed E-state index contributed by atoms with van der Waals surface area (Å²) >= 11 is 0. The van der Waals surface area contributed by atoms with E-state index in [0.29, 0.717) is 17.9 Å². The van der Waals surface area contributed by atoms with Crippen LogP contribution in [0.15, 0.2) is 4.99 Å². The van der Waals surface area contributed by atoms with Crippen molar-refractivity contribution in [3.8, 4) is 0 Å². The molecule has 0 radical (unpaired) electrons. The number of hydrogen-bond donors (Lipinski definition) is 2. The molecule has 1 atom stereocenters. The van der Waals surface area contributed by atoms with E-state index in [2.05, 4.69) is 36.0 Å². The van der Waals surface area contributed by atoms with Crippen molar-refractivity contribution < 1.29 is 0 Å². The molecule has 1 heterocycles. The minimum absolute atomic E-state index is 0. The summed E-state index contributed by atoms with van der Waals surface area (Å²) in [6, 6.07) is 0.527. The van der Waals surface area contributed by atoms with Crippen LogP contribution < -0.4 is 11.1 Å². The smallest absolute Gasteiger partial charge is 0.188 e. The molecule has 3 N–H and O–H groups in total. The summed E-state index contributed by atoms with van der Waals surface area (Å²) in [6.07, 6.45) is 7.75. The van der Waals surface area contributed by atoms with Crippen LogP contribution in [0.5, 0.6) is 0 Å². The molecule has 0 spiro atoms. The second-order valence-electron chi connectivity index (χ2n) is 6.27. The number of aliphatic imine (C=N–C) groups is 1. The zero-order valence-corrected chi connectivity index (χ0v) is 16.4. The van der Waals surface area contributed by atoms with Crippen LogP contribution in [0.1, 0.15) is 59.3 Å². The van der Waals surface area contributed by atoms with Crippen molar-refractivity contribution in [2.45, 2.75) is 65.3 Å². The van der Waals surface area contributed by atoms with Crippen LogP contribution in [-0.2, 0) is 0 Å². The highest BCUT2D eigenvalue weighted by molar-refractivity contribution is 14.0. The van der Waals surface area contributed by atoms with E-state index in [4.69, 9.17) is 5.73 Å². The highest BCUT2D eigenvalue weighted by atomic mass is 127. The van der Waals surface area contributed by atoms with E-state index in [0.717, 1.165) is 19.5 Å². The number of nitrogens with two attached hydrogens (primary N) is 1. The molecule has 0 saturated carbocycles. The lowest BCUT2D eigenvalue weighted by Crippen LogP contribution is -2.43. The van der Waals surface area contributed by atoms with Gasteiger partial charge in [-0.2, -0.15) is 0 Å². The van der Waals surface area contributed by atoms with E-state index >= 15 is 0 Å². The Hall–Kier alpha value is -0.0400. The zero-order valence-electron chi connectivity index (χ0n) is 14.1. The molecule has 1 aliphatic heterocycles. The molecule has 0 bridgehead atoms. The number of rotatable bonds is 7. The molecule has 5 heteroatoms. The lowest BCUT2D eigenvalue weighted by atomic mass is 10.0. The van der Waals surface area contributed by atoms with Crippen LogP contribution in [0.2, 0.25) is 0 Å². The number of nitrogens with zero attached hydrogens (tertiary/aromatic N) is 2. The third-order valence-electron chi connectivity index (χ3n) is 4.16. The van der Waals surface area contributed by atoms with Crippen LogP contribution in [0.4, 0.5) is 0 Å². The first-order valence-electron chi connectivity index (χ1n) is 8.43. The summed E-state index contributed by atoms with van der Waals surface area (Å²) in [7, 11) is 0. The van der Waals surface area contributed by atoms with Gasteiger partial charge in [0.1, 0.15) is 0 Å². The second kappa shape index (κ2) is 12.5.